The number of benzene rings is 2. The van der Waals surface area contributed by atoms with Crippen molar-refractivity contribution in [3.8, 4) is 0 Å². The minimum Gasteiger partial charge on any atom is -0.315 e. The molecule has 0 spiro atoms. The summed E-state index contributed by atoms with van der Waals surface area (Å²) in [6.07, 6.45) is 1.08. The van der Waals surface area contributed by atoms with Gasteiger partial charge in [-0.15, -0.1) is 0 Å². The van der Waals surface area contributed by atoms with Crippen LogP contribution in [0.1, 0.15) is 19.4 Å². The second-order valence-electron chi connectivity index (χ2n) is 5.05. The summed E-state index contributed by atoms with van der Waals surface area (Å²) in [7, 11) is 0. The predicted molar refractivity (Wildman–Crippen MR) is 83.7 cm³/mol. The third-order valence-corrected chi connectivity index (χ3v) is 3.47. The minimum absolute atomic E-state index is 0.523. The number of likely N-dealkylation sites (N-methyl/N-ethyl adjacent to an activating group) is 1. The van der Waals surface area contributed by atoms with Crippen molar-refractivity contribution in [1.82, 2.24) is 10.6 Å². The largest absolute Gasteiger partial charge is 0.315 e. The first kappa shape index (κ1) is 14.0. The van der Waals surface area contributed by atoms with Gasteiger partial charge >= 0.3 is 0 Å². The van der Waals surface area contributed by atoms with Crippen molar-refractivity contribution < 1.29 is 0 Å². The molecule has 1 atom stereocenters. The summed E-state index contributed by atoms with van der Waals surface area (Å²) in [6, 6.07) is 15.7. The van der Waals surface area contributed by atoms with E-state index >= 15 is 0 Å². The van der Waals surface area contributed by atoms with Crippen LogP contribution in [0.4, 0.5) is 0 Å². The van der Waals surface area contributed by atoms with Gasteiger partial charge in [0.2, 0.25) is 0 Å². The lowest BCUT2D eigenvalue weighted by Crippen LogP contribution is -2.37. The molecule has 2 rings (SSSR count). The molecule has 2 nitrogen and oxygen atoms in total. The molecule has 0 fully saturated rings. The summed E-state index contributed by atoms with van der Waals surface area (Å²) in [6.45, 7) is 7.47. The van der Waals surface area contributed by atoms with Gasteiger partial charge in [-0.05, 0) is 42.8 Å². The van der Waals surface area contributed by atoms with Crippen LogP contribution in [0.5, 0.6) is 0 Å². The van der Waals surface area contributed by atoms with Gasteiger partial charge in [-0.1, -0.05) is 49.4 Å². The summed E-state index contributed by atoms with van der Waals surface area (Å²) < 4.78 is 0. The zero-order valence-corrected chi connectivity index (χ0v) is 11.9. The highest BCUT2D eigenvalue weighted by atomic mass is 15.0. The van der Waals surface area contributed by atoms with Crippen molar-refractivity contribution in [3.63, 3.8) is 0 Å². The van der Waals surface area contributed by atoms with E-state index in [2.05, 4.69) is 66.9 Å². The van der Waals surface area contributed by atoms with Crippen molar-refractivity contribution >= 4 is 10.8 Å². The molecule has 2 aromatic rings. The van der Waals surface area contributed by atoms with E-state index in [9.17, 15) is 0 Å². The third kappa shape index (κ3) is 4.05. The maximum absolute atomic E-state index is 3.57. The molecule has 0 aliphatic heterocycles. The lowest BCUT2D eigenvalue weighted by atomic mass is 10.0. The van der Waals surface area contributed by atoms with E-state index in [-0.39, 0.29) is 0 Å². The fraction of sp³-hybridized carbons (Fsp3) is 0.412. The Hall–Kier alpha value is -1.38. The summed E-state index contributed by atoms with van der Waals surface area (Å²) in [5.41, 5.74) is 1.43. The van der Waals surface area contributed by atoms with E-state index in [0.29, 0.717) is 6.04 Å². The van der Waals surface area contributed by atoms with Crippen LogP contribution in [0, 0.1) is 0 Å². The highest BCUT2D eigenvalue weighted by molar-refractivity contribution is 5.85. The number of hydrogen-bond donors (Lipinski definition) is 2. The first-order chi connectivity index (χ1) is 9.31. The molecule has 0 heterocycles. The normalized spacial score (nSPS) is 12.7. The molecule has 19 heavy (non-hydrogen) atoms. The molecule has 0 amide bonds. The van der Waals surface area contributed by atoms with Crippen LogP contribution in [0.25, 0.3) is 10.8 Å². The van der Waals surface area contributed by atoms with Gasteiger partial charge in [0.05, 0.1) is 0 Å². The molecule has 2 N–H and O–H groups in total. The zero-order chi connectivity index (χ0) is 13.5. The van der Waals surface area contributed by atoms with Crippen LogP contribution in [0.3, 0.4) is 0 Å². The fourth-order valence-electron chi connectivity index (χ4n) is 2.40. The number of fused-ring (bicyclic) bond motifs is 1. The summed E-state index contributed by atoms with van der Waals surface area (Å²) >= 11 is 0. The second kappa shape index (κ2) is 7.27. The average Bonchev–Trinajstić information content (AvgIpc) is 2.45. The Labute approximate surface area is 116 Å². The smallest absolute Gasteiger partial charge is 0.0164 e. The van der Waals surface area contributed by atoms with Crippen LogP contribution in [-0.4, -0.2) is 25.7 Å². The zero-order valence-electron chi connectivity index (χ0n) is 11.9. The molecule has 0 aliphatic carbocycles. The summed E-state index contributed by atoms with van der Waals surface area (Å²) in [5.74, 6) is 0. The fourth-order valence-corrected chi connectivity index (χ4v) is 2.40. The topological polar surface area (TPSA) is 24.1 Å². The van der Waals surface area contributed by atoms with Gasteiger partial charge in [-0.2, -0.15) is 0 Å². The van der Waals surface area contributed by atoms with Gasteiger partial charge in [-0.25, -0.2) is 0 Å². The third-order valence-electron chi connectivity index (χ3n) is 3.47. The molecule has 1 unspecified atom stereocenters. The highest BCUT2D eigenvalue weighted by Crippen LogP contribution is 2.18. The Balaban J connectivity index is 1.91. The maximum Gasteiger partial charge on any atom is 0.0164 e. The molecule has 2 aromatic carbocycles. The van der Waals surface area contributed by atoms with Crippen molar-refractivity contribution in [2.45, 2.75) is 26.3 Å². The Bertz CT molecular complexity index is 502. The molecule has 0 radical (unpaired) electrons. The molecule has 0 saturated carbocycles. The van der Waals surface area contributed by atoms with Crippen LogP contribution < -0.4 is 10.6 Å². The molecule has 0 aliphatic rings. The van der Waals surface area contributed by atoms with Crippen LogP contribution in [0.2, 0.25) is 0 Å². The molecule has 0 bridgehead atoms. The Morgan fingerprint density at radius 2 is 1.84 bits per heavy atom. The average molecular weight is 256 g/mol. The van der Waals surface area contributed by atoms with E-state index in [1.165, 1.54) is 16.3 Å². The monoisotopic (exact) mass is 256 g/mol. The molecule has 0 aromatic heterocycles. The van der Waals surface area contributed by atoms with Crippen LogP contribution in [-0.2, 0) is 6.42 Å². The van der Waals surface area contributed by atoms with Gasteiger partial charge in [-0.3, -0.25) is 0 Å². The lowest BCUT2D eigenvalue weighted by Gasteiger charge is -2.14. The first-order valence-electron chi connectivity index (χ1n) is 7.22. The number of nitrogens with one attached hydrogen (secondary N) is 2. The van der Waals surface area contributed by atoms with Crippen molar-refractivity contribution in [2.75, 3.05) is 19.6 Å². The van der Waals surface area contributed by atoms with Crippen molar-refractivity contribution in [2.24, 2.45) is 0 Å². The Morgan fingerprint density at radius 1 is 1.05 bits per heavy atom. The van der Waals surface area contributed by atoms with Gasteiger partial charge in [0, 0.05) is 12.6 Å². The maximum atomic E-state index is 3.57. The van der Waals surface area contributed by atoms with Crippen LogP contribution >= 0.6 is 0 Å². The molecule has 2 heteroatoms. The molecule has 102 valence electrons. The van der Waals surface area contributed by atoms with Crippen molar-refractivity contribution in [3.05, 3.63) is 48.0 Å². The molecular weight excluding hydrogens is 232 g/mol. The standard InChI is InChI=1S/C17H24N2/c1-3-18-13-14(2)19-12-11-16-9-6-8-15-7-4-5-10-17(15)16/h4-10,14,18-19H,3,11-13H2,1-2H3. The van der Waals surface area contributed by atoms with E-state index in [0.717, 1.165) is 26.1 Å². The molecule has 0 saturated heterocycles. The quantitative estimate of drug-likeness (QED) is 0.796. The van der Waals surface area contributed by atoms with E-state index in [1.54, 1.807) is 0 Å². The highest BCUT2D eigenvalue weighted by Gasteiger charge is 2.02. The number of rotatable bonds is 7. The van der Waals surface area contributed by atoms with Crippen molar-refractivity contribution in [1.29, 1.82) is 0 Å². The van der Waals surface area contributed by atoms with Gasteiger partial charge in [0.15, 0.2) is 0 Å². The van der Waals surface area contributed by atoms with Crippen LogP contribution in [0.15, 0.2) is 42.5 Å². The van der Waals surface area contributed by atoms with Gasteiger partial charge < -0.3 is 10.6 Å². The second-order valence-corrected chi connectivity index (χ2v) is 5.05. The van der Waals surface area contributed by atoms with Gasteiger partial charge in [0.25, 0.3) is 0 Å². The predicted octanol–water partition coefficient (Wildman–Crippen LogP) is 2.97. The molecular formula is C17H24N2. The Kier molecular flexibility index (Phi) is 5.37. The first-order valence-corrected chi connectivity index (χ1v) is 7.22. The summed E-state index contributed by atoms with van der Waals surface area (Å²) in [5, 5.41) is 9.65. The van der Waals surface area contributed by atoms with Gasteiger partial charge in [0.1, 0.15) is 0 Å². The SMILES string of the molecule is CCNCC(C)NCCc1cccc2ccccc12. The lowest BCUT2D eigenvalue weighted by molar-refractivity contribution is 0.512. The minimum atomic E-state index is 0.523. The van der Waals surface area contributed by atoms with E-state index in [4.69, 9.17) is 0 Å². The van der Waals surface area contributed by atoms with E-state index in [1.807, 2.05) is 0 Å². The Morgan fingerprint density at radius 3 is 2.68 bits per heavy atom. The number of hydrogen-bond acceptors (Lipinski definition) is 2. The van der Waals surface area contributed by atoms with E-state index < -0.39 is 0 Å². The summed E-state index contributed by atoms with van der Waals surface area (Å²) in [4.78, 5) is 0.